The van der Waals surface area contributed by atoms with E-state index >= 15 is 0 Å². The topological polar surface area (TPSA) is 35.5 Å². The van der Waals surface area contributed by atoms with Gasteiger partial charge in [-0.15, -0.1) is 0 Å². The average molecular weight is 291 g/mol. The van der Waals surface area contributed by atoms with Crippen molar-refractivity contribution in [3.63, 3.8) is 0 Å². The van der Waals surface area contributed by atoms with E-state index in [4.69, 9.17) is 21.1 Å². The van der Waals surface area contributed by atoms with Crippen molar-refractivity contribution in [2.75, 3.05) is 14.2 Å². The van der Waals surface area contributed by atoms with Crippen LogP contribution in [0, 0.1) is 0 Å². The van der Waals surface area contributed by atoms with Gasteiger partial charge in [-0.2, -0.15) is 0 Å². The summed E-state index contributed by atoms with van der Waals surface area (Å²) in [6.45, 7) is 1.54. The Morgan fingerprint density at radius 1 is 1.00 bits per heavy atom. The molecule has 4 heteroatoms. The van der Waals surface area contributed by atoms with Crippen molar-refractivity contribution >= 4 is 17.4 Å². The van der Waals surface area contributed by atoms with E-state index in [9.17, 15) is 4.79 Å². The van der Waals surface area contributed by atoms with E-state index in [-0.39, 0.29) is 5.78 Å². The predicted octanol–water partition coefficient (Wildman–Crippen LogP) is 4.23. The van der Waals surface area contributed by atoms with E-state index < -0.39 is 0 Å². The first-order chi connectivity index (χ1) is 9.60. The molecule has 0 atom stereocenters. The van der Waals surface area contributed by atoms with Crippen molar-refractivity contribution in [3.05, 3.63) is 47.0 Å². The molecular formula is C16H15ClO3. The Hall–Kier alpha value is -2.00. The van der Waals surface area contributed by atoms with E-state index in [1.54, 1.807) is 26.4 Å². The third kappa shape index (κ3) is 2.49. The first kappa shape index (κ1) is 14.4. The molecule has 0 heterocycles. The summed E-state index contributed by atoms with van der Waals surface area (Å²) in [7, 11) is 3.09. The molecule has 0 aliphatic heterocycles. The van der Waals surface area contributed by atoms with Crippen LogP contribution in [0.5, 0.6) is 11.5 Å². The summed E-state index contributed by atoms with van der Waals surface area (Å²) >= 11 is 6.26. The molecule has 104 valence electrons. The zero-order valence-corrected chi connectivity index (χ0v) is 12.3. The lowest BCUT2D eigenvalue weighted by molar-refractivity contribution is 0.101. The highest BCUT2D eigenvalue weighted by molar-refractivity contribution is 6.34. The molecule has 0 bridgehead atoms. The molecule has 0 saturated heterocycles. The minimum absolute atomic E-state index is 0.00501. The van der Waals surface area contributed by atoms with Gasteiger partial charge in [-0.3, -0.25) is 4.79 Å². The van der Waals surface area contributed by atoms with Crippen LogP contribution in [-0.4, -0.2) is 20.0 Å². The Morgan fingerprint density at radius 3 is 2.30 bits per heavy atom. The SMILES string of the molecule is COc1ccc(-c2ccccc2C(C)=O)c(OC)c1Cl. The summed E-state index contributed by atoms with van der Waals surface area (Å²) in [5, 5.41) is 0.394. The second-order valence-electron chi connectivity index (χ2n) is 4.26. The summed E-state index contributed by atoms with van der Waals surface area (Å²) in [6.07, 6.45) is 0. The fraction of sp³-hybridized carbons (Fsp3) is 0.188. The molecule has 0 N–H and O–H groups in total. The molecule has 0 aromatic heterocycles. The number of rotatable bonds is 4. The number of hydrogen-bond acceptors (Lipinski definition) is 3. The van der Waals surface area contributed by atoms with Gasteiger partial charge in [-0.05, 0) is 24.6 Å². The monoisotopic (exact) mass is 290 g/mol. The molecule has 0 aliphatic rings. The number of carbonyl (C=O) groups is 1. The highest BCUT2D eigenvalue weighted by atomic mass is 35.5. The number of ketones is 1. The Balaban J connectivity index is 2.71. The lowest BCUT2D eigenvalue weighted by atomic mass is 9.96. The Morgan fingerprint density at radius 2 is 1.70 bits per heavy atom. The third-order valence-corrected chi connectivity index (χ3v) is 3.44. The van der Waals surface area contributed by atoms with Crippen molar-refractivity contribution in [2.45, 2.75) is 6.92 Å². The molecule has 0 fully saturated rings. The minimum atomic E-state index is -0.00501. The van der Waals surface area contributed by atoms with E-state index in [1.165, 1.54) is 6.92 Å². The first-order valence-electron chi connectivity index (χ1n) is 6.11. The number of benzene rings is 2. The number of Topliss-reactive ketones (excluding diaryl/α,β-unsaturated/α-hetero) is 1. The Kier molecular flexibility index (Phi) is 4.30. The van der Waals surface area contributed by atoms with E-state index in [0.717, 1.165) is 11.1 Å². The van der Waals surface area contributed by atoms with E-state index in [2.05, 4.69) is 0 Å². The Bertz CT molecular complexity index is 650. The molecule has 20 heavy (non-hydrogen) atoms. The standard InChI is InChI=1S/C16H15ClO3/c1-10(18)11-6-4-5-7-12(11)13-8-9-14(19-2)15(17)16(13)20-3/h4-9H,1-3H3. The number of hydrogen-bond donors (Lipinski definition) is 0. The number of methoxy groups -OCH3 is 2. The fourth-order valence-corrected chi connectivity index (χ4v) is 2.45. The predicted molar refractivity (Wildman–Crippen MR) is 80.0 cm³/mol. The van der Waals surface area contributed by atoms with E-state index in [1.807, 2.05) is 24.3 Å². The van der Waals surface area contributed by atoms with Gasteiger partial charge in [0.2, 0.25) is 0 Å². The van der Waals surface area contributed by atoms with Gasteiger partial charge in [0.05, 0.1) is 14.2 Å². The molecule has 0 saturated carbocycles. The number of carbonyl (C=O) groups excluding carboxylic acids is 1. The smallest absolute Gasteiger partial charge is 0.160 e. The molecule has 0 spiro atoms. The van der Waals surface area contributed by atoms with Crippen LogP contribution in [0.25, 0.3) is 11.1 Å². The zero-order valence-electron chi connectivity index (χ0n) is 11.6. The quantitative estimate of drug-likeness (QED) is 0.791. The van der Waals surface area contributed by atoms with Gasteiger partial charge in [-0.1, -0.05) is 35.9 Å². The average Bonchev–Trinajstić information content (AvgIpc) is 2.46. The highest BCUT2D eigenvalue weighted by Gasteiger charge is 2.17. The van der Waals surface area contributed by atoms with Crippen molar-refractivity contribution in [2.24, 2.45) is 0 Å². The number of ether oxygens (including phenoxy) is 2. The summed E-state index contributed by atoms with van der Waals surface area (Å²) < 4.78 is 10.6. The van der Waals surface area contributed by atoms with Crippen LogP contribution in [0.4, 0.5) is 0 Å². The summed E-state index contributed by atoms with van der Waals surface area (Å²) in [4.78, 5) is 11.7. The summed E-state index contributed by atoms with van der Waals surface area (Å²) in [6, 6.07) is 11.0. The van der Waals surface area contributed by atoms with Crippen LogP contribution in [0.2, 0.25) is 5.02 Å². The molecule has 2 rings (SSSR count). The molecule has 0 aliphatic carbocycles. The van der Waals surface area contributed by atoms with Crippen LogP contribution < -0.4 is 9.47 Å². The van der Waals surface area contributed by atoms with Gasteiger partial charge in [0.15, 0.2) is 5.78 Å². The van der Waals surface area contributed by atoms with Crippen LogP contribution in [0.3, 0.4) is 0 Å². The lowest BCUT2D eigenvalue weighted by Gasteiger charge is -2.15. The van der Waals surface area contributed by atoms with Gasteiger partial charge >= 0.3 is 0 Å². The molecule has 2 aromatic carbocycles. The second kappa shape index (κ2) is 5.97. The van der Waals surface area contributed by atoms with Crippen molar-refractivity contribution in [1.29, 1.82) is 0 Å². The lowest BCUT2D eigenvalue weighted by Crippen LogP contribution is -1.98. The van der Waals surface area contributed by atoms with Crippen LogP contribution >= 0.6 is 11.6 Å². The van der Waals surface area contributed by atoms with Gasteiger partial charge in [0.1, 0.15) is 16.5 Å². The van der Waals surface area contributed by atoms with Gasteiger partial charge in [0, 0.05) is 11.1 Å². The van der Waals surface area contributed by atoms with Gasteiger partial charge in [-0.25, -0.2) is 0 Å². The highest BCUT2D eigenvalue weighted by Crippen LogP contribution is 2.42. The fourth-order valence-electron chi connectivity index (χ4n) is 2.13. The molecule has 0 unspecified atom stereocenters. The second-order valence-corrected chi connectivity index (χ2v) is 4.64. The molecular weight excluding hydrogens is 276 g/mol. The maximum absolute atomic E-state index is 11.7. The maximum atomic E-state index is 11.7. The summed E-state index contributed by atoms with van der Waals surface area (Å²) in [5.41, 5.74) is 2.19. The van der Waals surface area contributed by atoms with Gasteiger partial charge in [0.25, 0.3) is 0 Å². The van der Waals surface area contributed by atoms with Crippen molar-refractivity contribution in [3.8, 4) is 22.6 Å². The normalized spacial score (nSPS) is 10.2. The van der Waals surface area contributed by atoms with Crippen molar-refractivity contribution in [1.82, 2.24) is 0 Å². The first-order valence-corrected chi connectivity index (χ1v) is 6.48. The number of halogens is 1. The Labute approximate surface area is 123 Å². The van der Waals surface area contributed by atoms with Crippen LogP contribution in [0.1, 0.15) is 17.3 Å². The maximum Gasteiger partial charge on any atom is 0.160 e. The molecule has 0 radical (unpaired) electrons. The van der Waals surface area contributed by atoms with Crippen LogP contribution in [-0.2, 0) is 0 Å². The third-order valence-electron chi connectivity index (χ3n) is 3.08. The minimum Gasteiger partial charge on any atom is -0.495 e. The van der Waals surface area contributed by atoms with E-state index in [0.29, 0.717) is 22.1 Å². The zero-order chi connectivity index (χ0) is 14.7. The summed E-state index contributed by atoms with van der Waals surface area (Å²) in [5.74, 6) is 1.03. The van der Waals surface area contributed by atoms with Gasteiger partial charge < -0.3 is 9.47 Å². The van der Waals surface area contributed by atoms with Crippen LogP contribution in [0.15, 0.2) is 36.4 Å². The largest absolute Gasteiger partial charge is 0.495 e. The van der Waals surface area contributed by atoms with Crippen molar-refractivity contribution < 1.29 is 14.3 Å². The molecule has 3 nitrogen and oxygen atoms in total. The molecule has 2 aromatic rings. The molecule has 0 amide bonds.